The van der Waals surface area contributed by atoms with Crippen molar-refractivity contribution in [3.05, 3.63) is 70.6 Å². The van der Waals surface area contributed by atoms with E-state index in [4.69, 9.17) is 21.1 Å². The average Bonchev–Trinajstić information content (AvgIpc) is 3.22. The molecule has 1 aromatic heterocycles. The molecule has 0 bridgehead atoms. The molecule has 0 saturated carbocycles. The Labute approximate surface area is 184 Å². The lowest BCUT2D eigenvalue weighted by Gasteiger charge is -2.29. The molecule has 1 amide bonds. The highest BCUT2D eigenvalue weighted by Crippen LogP contribution is 2.38. The number of methoxy groups -OCH3 is 1. The molecule has 1 aliphatic heterocycles. The number of carbonyl (C=O) groups excluding carboxylic acids is 1. The van der Waals surface area contributed by atoms with E-state index < -0.39 is 6.04 Å². The fraction of sp³-hybridized carbons (Fsp3) is 0.227. The molecule has 2 aromatic carbocycles. The molecule has 3 aromatic rings. The van der Waals surface area contributed by atoms with E-state index in [9.17, 15) is 4.79 Å². The minimum absolute atomic E-state index is 0.257. The Kier molecular flexibility index (Phi) is 5.81. The number of amides is 1. The molecule has 1 atom stereocenters. The van der Waals surface area contributed by atoms with Crippen LogP contribution in [-0.2, 0) is 4.79 Å². The van der Waals surface area contributed by atoms with Gasteiger partial charge in [-0.1, -0.05) is 17.7 Å². The Morgan fingerprint density at radius 2 is 2.00 bits per heavy atom. The Balaban J connectivity index is 1.77. The summed E-state index contributed by atoms with van der Waals surface area (Å²) in [6.07, 6.45) is 1.45. The van der Waals surface area contributed by atoms with Crippen molar-refractivity contribution < 1.29 is 14.3 Å². The summed E-state index contributed by atoms with van der Waals surface area (Å²) in [5.74, 6) is 1.51. The van der Waals surface area contributed by atoms with Crippen molar-refractivity contribution in [3.8, 4) is 11.5 Å². The fourth-order valence-electron chi connectivity index (χ4n) is 3.56. The standard InChI is InChI=1S/C22H22ClN5O3/c1-4-31-18-11-14(5-10-17(18)30-3)20-19(13(2)26-22-24-12-25-28(20)22)21(29)27-16-8-6-15(23)7-9-16/h5-12,20H,4H2,1-3H3,(H,27,29)(H,24,25,26). The van der Waals surface area contributed by atoms with Gasteiger partial charge in [0.1, 0.15) is 12.4 Å². The highest BCUT2D eigenvalue weighted by Gasteiger charge is 2.34. The molecule has 0 radical (unpaired) electrons. The molecule has 1 unspecified atom stereocenters. The minimum atomic E-state index is -0.504. The molecule has 0 saturated heterocycles. The first-order chi connectivity index (χ1) is 15.0. The van der Waals surface area contributed by atoms with Gasteiger partial charge in [-0.3, -0.25) is 4.79 Å². The summed E-state index contributed by atoms with van der Waals surface area (Å²) in [5, 5.41) is 11.1. The van der Waals surface area contributed by atoms with Gasteiger partial charge in [-0.15, -0.1) is 0 Å². The number of halogens is 1. The fourth-order valence-corrected chi connectivity index (χ4v) is 3.68. The second-order valence-corrected chi connectivity index (χ2v) is 7.34. The molecule has 31 heavy (non-hydrogen) atoms. The van der Waals surface area contributed by atoms with Gasteiger partial charge in [0.2, 0.25) is 5.95 Å². The summed E-state index contributed by atoms with van der Waals surface area (Å²) in [7, 11) is 1.59. The van der Waals surface area contributed by atoms with Gasteiger partial charge in [0, 0.05) is 16.4 Å². The summed E-state index contributed by atoms with van der Waals surface area (Å²) in [6, 6.07) is 12.0. The number of ether oxygens (including phenoxy) is 2. The van der Waals surface area contributed by atoms with Crippen LogP contribution >= 0.6 is 11.6 Å². The monoisotopic (exact) mass is 439 g/mol. The van der Waals surface area contributed by atoms with E-state index in [1.807, 2.05) is 32.0 Å². The van der Waals surface area contributed by atoms with Crippen molar-refractivity contribution in [1.29, 1.82) is 0 Å². The minimum Gasteiger partial charge on any atom is -0.493 e. The molecule has 0 spiro atoms. The van der Waals surface area contributed by atoms with Crippen LogP contribution in [0.1, 0.15) is 25.5 Å². The lowest BCUT2D eigenvalue weighted by Crippen LogP contribution is -2.31. The normalized spacial score (nSPS) is 15.2. The first kappa shape index (κ1) is 20.7. The lowest BCUT2D eigenvalue weighted by molar-refractivity contribution is -0.113. The van der Waals surface area contributed by atoms with Crippen molar-refractivity contribution in [1.82, 2.24) is 14.8 Å². The van der Waals surface area contributed by atoms with Gasteiger partial charge in [-0.2, -0.15) is 10.1 Å². The third-order valence-corrected chi connectivity index (χ3v) is 5.20. The Bertz CT molecular complexity index is 1140. The SMILES string of the molecule is CCOc1cc(C2C(C(=O)Nc3ccc(Cl)cc3)=C(C)Nc3ncnn32)ccc1OC. The van der Waals surface area contributed by atoms with Gasteiger partial charge in [0.15, 0.2) is 11.5 Å². The highest BCUT2D eigenvalue weighted by atomic mass is 35.5. The number of rotatable bonds is 6. The maximum absolute atomic E-state index is 13.4. The first-order valence-electron chi connectivity index (χ1n) is 9.76. The second kappa shape index (κ2) is 8.69. The number of fused-ring (bicyclic) bond motifs is 1. The molecular formula is C22H22ClN5O3. The first-order valence-corrected chi connectivity index (χ1v) is 10.1. The number of hydrogen-bond donors (Lipinski definition) is 2. The Morgan fingerprint density at radius 3 is 2.71 bits per heavy atom. The molecule has 0 fully saturated rings. The summed E-state index contributed by atoms with van der Waals surface area (Å²) in [6.45, 7) is 4.23. The third kappa shape index (κ3) is 4.06. The summed E-state index contributed by atoms with van der Waals surface area (Å²) in [4.78, 5) is 17.6. The number of hydrogen-bond acceptors (Lipinski definition) is 6. The maximum atomic E-state index is 13.4. The van der Waals surface area contributed by atoms with Gasteiger partial charge in [0.25, 0.3) is 5.91 Å². The molecule has 8 nitrogen and oxygen atoms in total. The Hall–Kier alpha value is -3.52. The number of nitrogens with one attached hydrogen (secondary N) is 2. The molecule has 4 rings (SSSR count). The zero-order valence-electron chi connectivity index (χ0n) is 17.3. The zero-order chi connectivity index (χ0) is 22.0. The number of allylic oxidation sites excluding steroid dienone is 1. The van der Waals surface area contributed by atoms with E-state index in [1.54, 1.807) is 36.1 Å². The van der Waals surface area contributed by atoms with Crippen molar-refractivity contribution in [3.63, 3.8) is 0 Å². The number of nitrogens with zero attached hydrogens (tertiary/aromatic N) is 3. The van der Waals surface area contributed by atoms with Crippen LogP contribution in [0.15, 0.2) is 60.1 Å². The van der Waals surface area contributed by atoms with Gasteiger partial charge < -0.3 is 20.1 Å². The van der Waals surface area contributed by atoms with E-state index in [0.717, 1.165) is 5.56 Å². The van der Waals surface area contributed by atoms with Crippen LogP contribution in [0.5, 0.6) is 11.5 Å². The van der Waals surface area contributed by atoms with Crippen molar-refractivity contribution in [2.24, 2.45) is 0 Å². The smallest absolute Gasteiger partial charge is 0.255 e. The predicted molar refractivity (Wildman–Crippen MR) is 119 cm³/mol. The van der Waals surface area contributed by atoms with Crippen molar-refractivity contribution in [2.45, 2.75) is 19.9 Å². The predicted octanol–water partition coefficient (Wildman–Crippen LogP) is 4.27. The number of benzene rings is 2. The topological polar surface area (TPSA) is 90.3 Å². The van der Waals surface area contributed by atoms with Crippen LogP contribution in [0.3, 0.4) is 0 Å². The maximum Gasteiger partial charge on any atom is 0.255 e. The molecule has 2 N–H and O–H groups in total. The Morgan fingerprint density at radius 1 is 1.23 bits per heavy atom. The van der Waals surface area contributed by atoms with E-state index in [0.29, 0.717) is 46.0 Å². The van der Waals surface area contributed by atoms with Crippen LogP contribution in [0.2, 0.25) is 5.02 Å². The van der Waals surface area contributed by atoms with E-state index >= 15 is 0 Å². The molecular weight excluding hydrogens is 418 g/mol. The van der Waals surface area contributed by atoms with Crippen LogP contribution in [0.25, 0.3) is 0 Å². The summed E-state index contributed by atoms with van der Waals surface area (Å²) >= 11 is 5.96. The summed E-state index contributed by atoms with van der Waals surface area (Å²) < 4.78 is 12.8. The van der Waals surface area contributed by atoms with Gasteiger partial charge in [0.05, 0.1) is 19.3 Å². The second-order valence-electron chi connectivity index (χ2n) is 6.90. The third-order valence-electron chi connectivity index (χ3n) is 4.94. The molecule has 9 heteroatoms. The zero-order valence-corrected chi connectivity index (χ0v) is 18.1. The molecule has 1 aliphatic rings. The molecule has 160 valence electrons. The average molecular weight is 440 g/mol. The number of carbonyl (C=O) groups is 1. The van der Waals surface area contributed by atoms with Crippen LogP contribution in [0, 0.1) is 0 Å². The largest absolute Gasteiger partial charge is 0.493 e. The van der Waals surface area contributed by atoms with Gasteiger partial charge >= 0.3 is 0 Å². The van der Waals surface area contributed by atoms with Crippen LogP contribution in [0.4, 0.5) is 11.6 Å². The van der Waals surface area contributed by atoms with E-state index in [1.165, 1.54) is 6.33 Å². The van der Waals surface area contributed by atoms with Crippen molar-refractivity contribution >= 4 is 29.1 Å². The quantitative estimate of drug-likeness (QED) is 0.596. The number of aromatic nitrogens is 3. The van der Waals surface area contributed by atoms with Crippen LogP contribution in [-0.4, -0.2) is 34.4 Å². The van der Waals surface area contributed by atoms with Gasteiger partial charge in [-0.05, 0) is 55.8 Å². The van der Waals surface area contributed by atoms with Crippen LogP contribution < -0.4 is 20.1 Å². The summed E-state index contributed by atoms with van der Waals surface area (Å²) in [5.41, 5.74) is 2.66. The number of anilines is 2. The van der Waals surface area contributed by atoms with E-state index in [-0.39, 0.29) is 5.91 Å². The van der Waals surface area contributed by atoms with E-state index in [2.05, 4.69) is 20.7 Å². The molecule has 2 heterocycles. The molecule has 0 aliphatic carbocycles. The van der Waals surface area contributed by atoms with Crippen molar-refractivity contribution in [2.75, 3.05) is 24.4 Å². The van der Waals surface area contributed by atoms with Gasteiger partial charge in [-0.25, -0.2) is 4.68 Å². The lowest BCUT2D eigenvalue weighted by atomic mass is 9.94. The highest BCUT2D eigenvalue weighted by molar-refractivity contribution is 6.30.